The number of hydrogen-bond acceptors (Lipinski definition) is 3. The third kappa shape index (κ3) is 1.78. The van der Waals surface area contributed by atoms with Gasteiger partial charge < -0.3 is 15.3 Å². The molecule has 0 atom stereocenters. The van der Waals surface area contributed by atoms with Gasteiger partial charge in [0.05, 0.1) is 0 Å². The molecule has 0 saturated carbocycles. The molecule has 0 unspecified atom stereocenters. The van der Waals surface area contributed by atoms with Crippen LogP contribution >= 0.6 is 0 Å². The van der Waals surface area contributed by atoms with Gasteiger partial charge >= 0.3 is 0 Å². The molecule has 2 rings (SSSR count). The average Bonchev–Trinajstić information content (AvgIpc) is 2.36. The van der Waals surface area contributed by atoms with Gasteiger partial charge in [0.2, 0.25) is 0 Å². The molecular formula is C15H16O3. The van der Waals surface area contributed by atoms with E-state index in [1.54, 1.807) is 31.2 Å². The zero-order valence-electron chi connectivity index (χ0n) is 10.7. The first-order chi connectivity index (χ1) is 8.43. The van der Waals surface area contributed by atoms with Crippen molar-refractivity contribution in [2.45, 2.75) is 20.8 Å². The minimum absolute atomic E-state index is 0.0822. The average molecular weight is 244 g/mol. The molecule has 94 valence electrons. The smallest absolute Gasteiger partial charge is 0.165 e. The van der Waals surface area contributed by atoms with Crippen LogP contribution in [0.1, 0.15) is 16.7 Å². The largest absolute Gasteiger partial charge is 0.508 e. The van der Waals surface area contributed by atoms with E-state index in [9.17, 15) is 15.3 Å². The highest BCUT2D eigenvalue weighted by atomic mass is 16.3. The first-order valence-corrected chi connectivity index (χ1v) is 5.74. The molecular weight excluding hydrogens is 228 g/mol. The Kier molecular flexibility index (Phi) is 2.91. The Labute approximate surface area is 106 Å². The zero-order chi connectivity index (χ0) is 13.4. The summed E-state index contributed by atoms with van der Waals surface area (Å²) in [4.78, 5) is 0. The fourth-order valence-electron chi connectivity index (χ4n) is 2.10. The molecule has 0 heterocycles. The molecule has 3 nitrogen and oxygen atoms in total. The van der Waals surface area contributed by atoms with Gasteiger partial charge in [0, 0.05) is 5.56 Å². The Morgan fingerprint density at radius 3 is 1.78 bits per heavy atom. The SMILES string of the molecule is Cc1c(C)c(O)c(O)c(-c2ccc(O)cc2)c1C. The number of phenolic OH excluding ortho intramolecular Hbond substituents is 3. The van der Waals surface area contributed by atoms with E-state index in [0.29, 0.717) is 11.1 Å². The predicted molar refractivity (Wildman–Crippen MR) is 71.1 cm³/mol. The monoisotopic (exact) mass is 244 g/mol. The Bertz CT molecular complexity index is 569. The zero-order valence-corrected chi connectivity index (χ0v) is 10.7. The van der Waals surface area contributed by atoms with Gasteiger partial charge in [-0.2, -0.15) is 0 Å². The lowest BCUT2D eigenvalue weighted by molar-refractivity contribution is 0.401. The molecule has 0 saturated heterocycles. The van der Waals surface area contributed by atoms with Gasteiger partial charge in [-0.1, -0.05) is 12.1 Å². The van der Waals surface area contributed by atoms with E-state index >= 15 is 0 Å². The predicted octanol–water partition coefficient (Wildman–Crippen LogP) is 3.40. The Hall–Kier alpha value is -2.16. The third-order valence-electron chi connectivity index (χ3n) is 3.47. The van der Waals surface area contributed by atoms with Crippen LogP contribution in [0, 0.1) is 20.8 Å². The second kappa shape index (κ2) is 4.26. The molecule has 2 aromatic rings. The number of phenols is 3. The van der Waals surface area contributed by atoms with Crippen molar-refractivity contribution in [1.29, 1.82) is 0 Å². The van der Waals surface area contributed by atoms with Crippen molar-refractivity contribution in [3.63, 3.8) is 0 Å². The molecule has 0 fully saturated rings. The first kappa shape index (κ1) is 12.3. The van der Waals surface area contributed by atoms with Gasteiger partial charge in [0.15, 0.2) is 11.5 Å². The summed E-state index contributed by atoms with van der Waals surface area (Å²) in [5.74, 6) is -0.0218. The van der Waals surface area contributed by atoms with Crippen molar-refractivity contribution in [3.8, 4) is 28.4 Å². The van der Waals surface area contributed by atoms with Gasteiger partial charge in [-0.25, -0.2) is 0 Å². The maximum atomic E-state index is 10.1. The number of aromatic hydroxyl groups is 3. The molecule has 0 spiro atoms. The summed E-state index contributed by atoms with van der Waals surface area (Å²) in [5.41, 5.74) is 3.94. The number of hydrogen-bond donors (Lipinski definition) is 3. The maximum absolute atomic E-state index is 10.1. The molecule has 0 aliphatic carbocycles. The molecule has 0 aliphatic rings. The van der Waals surface area contributed by atoms with Crippen LogP contribution in [-0.2, 0) is 0 Å². The van der Waals surface area contributed by atoms with Gasteiger partial charge in [-0.15, -0.1) is 0 Å². The lowest BCUT2D eigenvalue weighted by Crippen LogP contribution is -1.93. The van der Waals surface area contributed by atoms with Gasteiger partial charge in [0.1, 0.15) is 5.75 Å². The fourth-order valence-corrected chi connectivity index (χ4v) is 2.10. The lowest BCUT2D eigenvalue weighted by Gasteiger charge is -2.16. The lowest BCUT2D eigenvalue weighted by atomic mass is 9.92. The summed E-state index contributed by atoms with van der Waals surface area (Å²) in [6, 6.07) is 6.54. The highest BCUT2D eigenvalue weighted by Gasteiger charge is 2.17. The van der Waals surface area contributed by atoms with Crippen molar-refractivity contribution in [2.75, 3.05) is 0 Å². The number of rotatable bonds is 1. The summed E-state index contributed by atoms with van der Waals surface area (Å²) < 4.78 is 0. The van der Waals surface area contributed by atoms with Crippen molar-refractivity contribution in [1.82, 2.24) is 0 Å². The molecule has 0 aliphatic heterocycles. The Morgan fingerprint density at radius 1 is 0.667 bits per heavy atom. The van der Waals surface area contributed by atoms with Crippen molar-refractivity contribution >= 4 is 0 Å². The van der Waals surface area contributed by atoms with E-state index in [4.69, 9.17) is 0 Å². The van der Waals surface area contributed by atoms with E-state index in [-0.39, 0.29) is 17.2 Å². The molecule has 2 aromatic carbocycles. The number of benzene rings is 2. The summed E-state index contributed by atoms with van der Waals surface area (Å²) in [7, 11) is 0. The summed E-state index contributed by atoms with van der Waals surface area (Å²) >= 11 is 0. The van der Waals surface area contributed by atoms with Crippen LogP contribution in [0.2, 0.25) is 0 Å². The topological polar surface area (TPSA) is 60.7 Å². The van der Waals surface area contributed by atoms with Crippen LogP contribution in [0.5, 0.6) is 17.2 Å². The van der Waals surface area contributed by atoms with E-state index < -0.39 is 0 Å². The second-order valence-corrected chi connectivity index (χ2v) is 4.49. The summed E-state index contributed by atoms with van der Waals surface area (Å²) in [6.45, 7) is 5.59. The maximum Gasteiger partial charge on any atom is 0.165 e. The first-order valence-electron chi connectivity index (χ1n) is 5.74. The van der Waals surface area contributed by atoms with Gasteiger partial charge in [0.25, 0.3) is 0 Å². The summed E-state index contributed by atoms with van der Waals surface area (Å²) in [6.07, 6.45) is 0. The van der Waals surface area contributed by atoms with Crippen LogP contribution in [0.4, 0.5) is 0 Å². The molecule has 0 amide bonds. The van der Waals surface area contributed by atoms with Crippen LogP contribution in [0.3, 0.4) is 0 Å². The minimum Gasteiger partial charge on any atom is -0.508 e. The highest BCUT2D eigenvalue weighted by Crippen LogP contribution is 2.43. The Balaban J connectivity index is 2.75. The van der Waals surface area contributed by atoms with E-state index in [1.165, 1.54) is 0 Å². The van der Waals surface area contributed by atoms with Crippen LogP contribution in [0.15, 0.2) is 24.3 Å². The van der Waals surface area contributed by atoms with Crippen LogP contribution in [0.25, 0.3) is 11.1 Å². The molecule has 0 bridgehead atoms. The standard InChI is InChI=1S/C15H16O3/c1-8-9(2)13(15(18)14(17)10(8)3)11-4-6-12(16)7-5-11/h4-7,16-18H,1-3H3. The third-order valence-corrected chi connectivity index (χ3v) is 3.47. The van der Waals surface area contributed by atoms with Crippen LogP contribution in [-0.4, -0.2) is 15.3 Å². The molecule has 3 N–H and O–H groups in total. The highest BCUT2D eigenvalue weighted by molar-refractivity contribution is 5.79. The van der Waals surface area contributed by atoms with Crippen molar-refractivity contribution < 1.29 is 15.3 Å². The minimum atomic E-state index is -0.110. The van der Waals surface area contributed by atoms with Crippen LogP contribution < -0.4 is 0 Å². The molecule has 18 heavy (non-hydrogen) atoms. The summed E-state index contributed by atoms with van der Waals surface area (Å²) in [5, 5.41) is 29.3. The van der Waals surface area contributed by atoms with E-state index in [2.05, 4.69) is 0 Å². The Morgan fingerprint density at radius 2 is 1.22 bits per heavy atom. The quantitative estimate of drug-likeness (QED) is 0.674. The van der Waals surface area contributed by atoms with Crippen molar-refractivity contribution in [3.05, 3.63) is 41.0 Å². The molecule has 3 heteroatoms. The van der Waals surface area contributed by atoms with Gasteiger partial charge in [-0.05, 0) is 55.2 Å². The molecule has 0 radical (unpaired) electrons. The fraction of sp³-hybridized carbons (Fsp3) is 0.200. The van der Waals surface area contributed by atoms with Gasteiger partial charge in [-0.3, -0.25) is 0 Å². The van der Waals surface area contributed by atoms with E-state index in [1.807, 2.05) is 13.8 Å². The van der Waals surface area contributed by atoms with Crippen molar-refractivity contribution in [2.24, 2.45) is 0 Å². The normalized spacial score (nSPS) is 10.6. The van der Waals surface area contributed by atoms with E-state index in [0.717, 1.165) is 16.7 Å². The molecule has 0 aromatic heterocycles. The second-order valence-electron chi connectivity index (χ2n) is 4.49.